The molecule has 72 heavy (non-hydrogen) atoms. The smallest absolute Gasteiger partial charge is 0.104 e. The highest BCUT2D eigenvalue weighted by Crippen LogP contribution is 2.59. The highest BCUT2D eigenvalue weighted by molar-refractivity contribution is 5.82. The summed E-state index contributed by atoms with van der Waals surface area (Å²) in [5.41, 5.74) is 3.63. The van der Waals surface area contributed by atoms with Crippen LogP contribution in [-0.2, 0) is 6.61 Å². The van der Waals surface area contributed by atoms with Crippen molar-refractivity contribution in [3.8, 4) is 0 Å². The van der Waals surface area contributed by atoms with Crippen molar-refractivity contribution in [2.75, 3.05) is 26.9 Å². The SMILES string of the molecule is CC(CCO)CC(C)(C)C.CO.OC(C1CCCCC1)C1CCCCC1.OC(c1ccccc1)c1ccccc1.OCC12CC3CC(CC(C3)C1)C2.OCC1CCCCC1.OCc1ccc2ccccc2c1. The van der Waals surface area contributed by atoms with Crippen molar-refractivity contribution < 1.29 is 35.7 Å². The topological polar surface area (TPSA) is 142 Å². The van der Waals surface area contributed by atoms with Gasteiger partial charge in [-0.3, -0.25) is 0 Å². The minimum absolute atomic E-state index is 0.0376. The minimum Gasteiger partial charge on any atom is -0.400 e. The van der Waals surface area contributed by atoms with Gasteiger partial charge in [0.15, 0.2) is 0 Å². The summed E-state index contributed by atoms with van der Waals surface area (Å²) in [4.78, 5) is 0. The molecule has 0 amide bonds. The van der Waals surface area contributed by atoms with Gasteiger partial charge in [0.25, 0.3) is 0 Å². The third kappa shape index (κ3) is 22.0. The Hall–Kier alpha value is -3.14. The molecule has 0 aliphatic heterocycles. The molecule has 7 fully saturated rings. The van der Waals surface area contributed by atoms with E-state index in [1.165, 1.54) is 152 Å². The molecular formula is C65H102O7. The van der Waals surface area contributed by atoms with Crippen LogP contribution >= 0.6 is 0 Å². The van der Waals surface area contributed by atoms with E-state index in [4.69, 9.17) is 20.4 Å². The van der Waals surface area contributed by atoms with Crippen LogP contribution in [0, 0.1) is 52.3 Å². The number of aliphatic hydroxyl groups excluding tert-OH is 7. The van der Waals surface area contributed by atoms with Crippen molar-refractivity contribution in [3.05, 3.63) is 120 Å². The molecule has 0 heterocycles. The summed E-state index contributed by atoms with van der Waals surface area (Å²) in [6, 6.07) is 33.5. The molecule has 404 valence electrons. The summed E-state index contributed by atoms with van der Waals surface area (Å²) < 4.78 is 0. The number of fused-ring (bicyclic) bond motifs is 1. The van der Waals surface area contributed by atoms with Crippen LogP contribution in [0.3, 0.4) is 0 Å². The molecule has 4 aromatic carbocycles. The monoisotopic (exact) mass is 995 g/mol. The molecule has 7 N–H and O–H groups in total. The van der Waals surface area contributed by atoms with Gasteiger partial charge in [0.1, 0.15) is 6.10 Å². The molecule has 0 aromatic heterocycles. The Labute approximate surface area is 437 Å². The fourth-order valence-corrected chi connectivity index (χ4v) is 13.4. The first-order valence-electron chi connectivity index (χ1n) is 28.7. The molecular weight excluding hydrogens is 893 g/mol. The van der Waals surface area contributed by atoms with Crippen LogP contribution in [0.1, 0.15) is 198 Å². The van der Waals surface area contributed by atoms with E-state index in [1.807, 2.05) is 91.0 Å². The van der Waals surface area contributed by atoms with Crippen LogP contribution in [0.15, 0.2) is 103 Å². The fourth-order valence-electron chi connectivity index (χ4n) is 13.4. The van der Waals surface area contributed by atoms with E-state index in [9.17, 15) is 15.3 Å². The second-order valence-corrected chi connectivity index (χ2v) is 24.0. The van der Waals surface area contributed by atoms with E-state index in [-0.39, 0.29) is 12.7 Å². The maximum atomic E-state index is 10.3. The lowest BCUT2D eigenvalue weighted by Gasteiger charge is -2.56. The summed E-state index contributed by atoms with van der Waals surface area (Å²) in [5.74, 6) is 5.56. The van der Waals surface area contributed by atoms with Crippen LogP contribution < -0.4 is 0 Å². The van der Waals surface area contributed by atoms with Crippen molar-refractivity contribution in [1.82, 2.24) is 0 Å². The molecule has 4 bridgehead atoms. The van der Waals surface area contributed by atoms with Gasteiger partial charge in [0.05, 0.1) is 12.7 Å². The van der Waals surface area contributed by atoms with E-state index >= 15 is 0 Å². The van der Waals surface area contributed by atoms with E-state index in [2.05, 4.69) is 39.8 Å². The molecule has 7 aliphatic rings. The molecule has 7 aliphatic carbocycles. The van der Waals surface area contributed by atoms with Crippen molar-refractivity contribution in [2.24, 2.45) is 52.3 Å². The Morgan fingerprint density at radius 1 is 0.542 bits per heavy atom. The zero-order valence-electron chi connectivity index (χ0n) is 45.7. The third-order valence-corrected chi connectivity index (χ3v) is 16.6. The summed E-state index contributed by atoms with van der Waals surface area (Å²) in [5, 5.41) is 65.3. The largest absolute Gasteiger partial charge is 0.400 e. The fraction of sp³-hybridized carbons (Fsp3) is 0.662. The molecule has 1 atom stereocenters. The van der Waals surface area contributed by atoms with Gasteiger partial charge in [0.2, 0.25) is 0 Å². The molecule has 11 rings (SSSR count). The van der Waals surface area contributed by atoms with E-state index in [0.29, 0.717) is 54.3 Å². The van der Waals surface area contributed by atoms with Crippen LogP contribution in [0.25, 0.3) is 10.8 Å². The summed E-state index contributed by atoms with van der Waals surface area (Å²) in [6.45, 7) is 10.2. The highest BCUT2D eigenvalue weighted by Gasteiger charge is 2.50. The van der Waals surface area contributed by atoms with Crippen molar-refractivity contribution in [3.63, 3.8) is 0 Å². The first-order valence-corrected chi connectivity index (χ1v) is 28.7. The predicted octanol–water partition coefficient (Wildman–Crippen LogP) is 14.4. The van der Waals surface area contributed by atoms with Crippen molar-refractivity contribution >= 4 is 10.8 Å². The minimum atomic E-state index is -0.516. The number of rotatable bonds is 10. The Kier molecular flexibility index (Phi) is 28.8. The molecule has 0 saturated heterocycles. The predicted molar refractivity (Wildman–Crippen MR) is 300 cm³/mol. The maximum Gasteiger partial charge on any atom is 0.104 e. The summed E-state index contributed by atoms with van der Waals surface area (Å²) in [7, 11) is 1.00. The lowest BCUT2D eigenvalue weighted by Crippen LogP contribution is -2.47. The normalized spacial score (nSPS) is 23.2. The van der Waals surface area contributed by atoms with Crippen LogP contribution in [0.4, 0.5) is 0 Å². The van der Waals surface area contributed by atoms with Gasteiger partial charge in [-0.2, -0.15) is 0 Å². The second kappa shape index (κ2) is 33.7. The zero-order valence-corrected chi connectivity index (χ0v) is 45.7. The van der Waals surface area contributed by atoms with Crippen LogP contribution in [0.5, 0.6) is 0 Å². The first kappa shape index (κ1) is 61.4. The number of aliphatic hydroxyl groups is 7. The molecule has 1 unspecified atom stereocenters. The van der Waals surface area contributed by atoms with Gasteiger partial charge < -0.3 is 35.7 Å². The van der Waals surface area contributed by atoms with Crippen LogP contribution in [0.2, 0.25) is 0 Å². The van der Waals surface area contributed by atoms with Gasteiger partial charge in [-0.25, -0.2) is 0 Å². The van der Waals surface area contributed by atoms with E-state index in [0.717, 1.165) is 48.0 Å². The quantitative estimate of drug-likeness (QED) is 0.0839. The second-order valence-electron chi connectivity index (χ2n) is 24.0. The van der Waals surface area contributed by atoms with Gasteiger partial charge in [-0.1, -0.05) is 183 Å². The Morgan fingerprint density at radius 2 is 0.972 bits per heavy atom. The standard InChI is InChI=1S/C13H24O.C13H12O.C11H18O.C11H10O.C9H20O.C7H14O.CH4O/c2*14-13(11-7-3-1-4-8-11)12-9-5-2-6-10-12;12-7-11-4-8-1-9(5-11)3-10(2-8)6-11;12-8-9-5-6-10-3-1-2-4-11(10)7-9;1-8(5-6-10)7-9(2,3)4;8-6-7-4-2-1-3-5-7;1-2/h11-14H,1-10H2;1-10,13-14H;8-10,12H,1-7H2;1-7,12H,8H2;8,10H,5-7H2,1-4H3;7-8H,1-6H2;2H,1H3. The molecule has 7 heteroatoms. The maximum absolute atomic E-state index is 10.3. The Morgan fingerprint density at radius 3 is 1.36 bits per heavy atom. The lowest BCUT2D eigenvalue weighted by atomic mass is 9.50. The molecule has 7 saturated carbocycles. The number of benzene rings is 4. The summed E-state index contributed by atoms with van der Waals surface area (Å²) >= 11 is 0. The number of hydrogen-bond donors (Lipinski definition) is 7. The van der Waals surface area contributed by atoms with E-state index < -0.39 is 6.10 Å². The average Bonchev–Trinajstić information content (AvgIpc) is 3.42. The summed E-state index contributed by atoms with van der Waals surface area (Å²) in [6.07, 6.45) is 30.1. The van der Waals surface area contributed by atoms with Gasteiger partial charge in [-0.15, -0.1) is 0 Å². The van der Waals surface area contributed by atoms with Gasteiger partial charge in [0, 0.05) is 26.9 Å². The van der Waals surface area contributed by atoms with E-state index in [1.54, 1.807) is 0 Å². The third-order valence-electron chi connectivity index (χ3n) is 16.6. The highest BCUT2D eigenvalue weighted by atomic mass is 16.3. The Bertz CT molecular complexity index is 1850. The molecule has 0 spiro atoms. The Balaban J connectivity index is 0.000000188. The van der Waals surface area contributed by atoms with Crippen molar-refractivity contribution in [1.29, 1.82) is 0 Å². The lowest BCUT2D eigenvalue weighted by molar-refractivity contribution is -0.0798. The molecule has 4 aromatic rings. The van der Waals surface area contributed by atoms with Gasteiger partial charge in [-0.05, 0) is 176 Å². The van der Waals surface area contributed by atoms with Crippen LogP contribution in [-0.4, -0.2) is 68.8 Å². The van der Waals surface area contributed by atoms with Crippen molar-refractivity contribution in [2.45, 2.75) is 194 Å². The molecule has 0 radical (unpaired) electrons. The number of hydrogen-bond acceptors (Lipinski definition) is 7. The first-order chi connectivity index (χ1) is 34.8. The average molecular weight is 996 g/mol. The van der Waals surface area contributed by atoms with Gasteiger partial charge >= 0.3 is 0 Å². The zero-order chi connectivity index (χ0) is 52.2. The molecule has 7 nitrogen and oxygen atoms in total.